The van der Waals surface area contributed by atoms with E-state index < -0.39 is 0 Å². The first-order valence-electron chi connectivity index (χ1n) is 11.6. The van der Waals surface area contributed by atoms with E-state index in [1.807, 2.05) is 12.4 Å². The summed E-state index contributed by atoms with van der Waals surface area (Å²) in [6, 6.07) is 8.17. The number of benzene rings is 1. The Bertz CT molecular complexity index is 946. The molecular formula is C25H33N5O. The summed E-state index contributed by atoms with van der Waals surface area (Å²) in [6.07, 6.45) is 7.41. The van der Waals surface area contributed by atoms with E-state index in [0.29, 0.717) is 36.5 Å². The van der Waals surface area contributed by atoms with Gasteiger partial charge in [0.05, 0.1) is 6.54 Å². The maximum atomic E-state index is 13.1. The molecule has 2 saturated heterocycles. The minimum absolute atomic E-state index is 0.311. The molecule has 0 aliphatic carbocycles. The van der Waals surface area contributed by atoms with Gasteiger partial charge in [0.25, 0.3) is 0 Å². The summed E-state index contributed by atoms with van der Waals surface area (Å²) in [5.74, 6) is 0.970. The number of piperazine rings is 1. The molecule has 3 unspecified atom stereocenters. The molecule has 4 heterocycles. The van der Waals surface area contributed by atoms with Crippen LogP contribution in [0.3, 0.4) is 0 Å². The number of likely N-dealkylation sites (tertiary alicyclic amines) is 2. The van der Waals surface area contributed by atoms with E-state index in [9.17, 15) is 4.79 Å². The minimum Gasteiger partial charge on any atom is -0.336 e. The highest BCUT2D eigenvalue weighted by atomic mass is 16.2. The number of nitrogens with zero attached hydrogens (tertiary/aromatic N) is 5. The molecular weight excluding hydrogens is 386 g/mol. The highest BCUT2D eigenvalue weighted by Gasteiger charge is 2.46. The van der Waals surface area contributed by atoms with Crippen LogP contribution in [0.15, 0.2) is 36.9 Å². The van der Waals surface area contributed by atoms with Crippen LogP contribution >= 0.6 is 0 Å². The summed E-state index contributed by atoms with van der Waals surface area (Å²) in [7, 11) is 0. The van der Waals surface area contributed by atoms with Gasteiger partial charge in [0, 0.05) is 62.3 Å². The zero-order chi connectivity index (χ0) is 21.5. The second-order valence-electron chi connectivity index (χ2n) is 9.84. The molecule has 3 atom stereocenters. The molecule has 3 aliphatic rings. The average molecular weight is 420 g/mol. The molecule has 0 saturated carbocycles. The van der Waals surface area contributed by atoms with Gasteiger partial charge in [0.15, 0.2) is 0 Å². The molecule has 0 radical (unpaired) electrons. The van der Waals surface area contributed by atoms with E-state index in [2.05, 4.69) is 63.6 Å². The van der Waals surface area contributed by atoms with Crippen LogP contribution in [-0.4, -0.2) is 74.9 Å². The Kier molecular flexibility index (Phi) is 5.52. The quantitative estimate of drug-likeness (QED) is 0.746. The Labute approximate surface area is 185 Å². The van der Waals surface area contributed by atoms with Crippen molar-refractivity contribution in [3.63, 3.8) is 0 Å². The van der Waals surface area contributed by atoms with Gasteiger partial charge >= 0.3 is 0 Å². The number of carbonyl (C=O) groups is 1. The molecule has 31 heavy (non-hydrogen) atoms. The second kappa shape index (κ2) is 8.32. The number of aromatic nitrogens is 2. The Hall–Kier alpha value is -2.31. The molecule has 2 aromatic rings. The van der Waals surface area contributed by atoms with Gasteiger partial charge in [0.2, 0.25) is 5.91 Å². The predicted octanol–water partition coefficient (Wildman–Crippen LogP) is 2.83. The van der Waals surface area contributed by atoms with Crippen molar-refractivity contribution >= 4 is 5.91 Å². The van der Waals surface area contributed by atoms with Gasteiger partial charge < -0.3 is 4.90 Å². The van der Waals surface area contributed by atoms with Crippen LogP contribution in [0, 0.1) is 5.92 Å². The van der Waals surface area contributed by atoms with Crippen LogP contribution in [0.25, 0.3) is 11.1 Å². The summed E-state index contributed by atoms with van der Waals surface area (Å²) >= 11 is 0. The molecule has 2 fully saturated rings. The van der Waals surface area contributed by atoms with Gasteiger partial charge in [-0.1, -0.05) is 32.0 Å². The zero-order valence-electron chi connectivity index (χ0n) is 18.9. The third-order valence-electron chi connectivity index (χ3n) is 7.64. The van der Waals surface area contributed by atoms with Crippen molar-refractivity contribution in [2.24, 2.45) is 5.92 Å². The largest absolute Gasteiger partial charge is 0.336 e. The fourth-order valence-electron chi connectivity index (χ4n) is 5.54. The molecule has 1 amide bonds. The van der Waals surface area contributed by atoms with Crippen LogP contribution in [-0.2, 0) is 17.8 Å². The lowest BCUT2D eigenvalue weighted by Gasteiger charge is -2.40. The average Bonchev–Trinajstić information content (AvgIpc) is 3.40. The number of hydrogen-bond acceptors (Lipinski definition) is 5. The van der Waals surface area contributed by atoms with Gasteiger partial charge in [0.1, 0.15) is 6.33 Å². The van der Waals surface area contributed by atoms with Crippen molar-refractivity contribution in [2.45, 2.75) is 58.3 Å². The van der Waals surface area contributed by atoms with Crippen molar-refractivity contribution in [2.75, 3.05) is 26.2 Å². The first-order chi connectivity index (χ1) is 15.0. The van der Waals surface area contributed by atoms with Gasteiger partial charge in [-0.15, -0.1) is 0 Å². The monoisotopic (exact) mass is 419 g/mol. The lowest BCUT2D eigenvalue weighted by Crippen LogP contribution is -2.54. The summed E-state index contributed by atoms with van der Waals surface area (Å²) in [6.45, 7) is 11.2. The van der Waals surface area contributed by atoms with Crippen molar-refractivity contribution in [1.29, 1.82) is 0 Å². The standard InChI is InChI=1S/C25H33N5O/c1-17(2)18(3)29-13-24-9-23(29)14-30(24)25(31)15-28-7-6-20-8-19(4-5-21(20)12-28)22-10-26-16-27-11-22/h4-5,8,10-11,16-18,23-24H,6-7,9,12-15H2,1-3H3. The molecule has 6 heteroatoms. The predicted molar refractivity (Wildman–Crippen MR) is 121 cm³/mol. The maximum absolute atomic E-state index is 13.1. The van der Waals surface area contributed by atoms with Gasteiger partial charge in [-0.25, -0.2) is 9.97 Å². The molecule has 3 aliphatic heterocycles. The Morgan fingerprint density at radius 3 is 2.58 bits per heavy atom. The number of rotatable bonds is 5. The first kappa shape index (κ1) is 20.6. The highest BCUT2D eigenvalue weighted by Crippen LogP contribution is 2.34. The topological polar surface area (TPSA) is 52.6 Å². The van der Waals surface area contributed by atoms with Crippen molar-refractivity contribution in [3.05, 3.63) is 48.0 Å². The molecule has 1 aromatic heterocycles. The van der Waals surface area contributed by atoms with Crippen LogP contribution in [0.4, 0.5) is 0 Å². The molecule has 164 valence electrons. The number of carbonyl (C=O) groups excluding carboxylic acids is 1. The molecule has 0 spiro atoms. The highest BCUT2D eigenvalue weighted by molar-refractivity contribution is 5.79. The lowest BCUT2D eigenvalue weighted by molar-refractivity contribution is -0.135. The SMILES string of the molecule is CC(C)C(C)N1CC2CC1CN2C(=O)CN1CCc2cc(-c3cncnc3)ccc2C1. The van der Waals surface area contributed by atoms with Crippen molar-refractivity contribution in [1.82, 2.24) is 24.7 Å². The summed E-state index contributed by atoms with van der Waals surface area (Å²) < 4.78 is 0. The second-order valence-corrected chi connectivity index (χ2v) is 9.84. The van der Waals surface area contributed by atoms with Crippen LogP contribution in [0.2, 0.25) is 0 Å². The molecule has 1 aromatic carbocycles. The minimum atomic E-state index is 0.311. The normalized spacial score (nSPS) is 24.6. The van der Waals surface area contributed by atoms with Crippen LogP contribution < -0.4 is 0 Å². The smallest absolute Gasteiger partial charge is 0.237 e. The van der Waals surface area contributed by atoms with E-state index >= 15 is 0 Å². The third-order valence-corrected chi connectivity index (χ3v) is 7.64. The summed E-state index contributed by atoms with van der Waals surface area (Å²) in [4.78, 5) is 28.5. The molecule has 0 N–H and O–H groups in total. The van der Waals surface area contributed by atoms with Crippen molar-refractivity contribution < 1.29 is 4.79 Å². The van der Waals surface area contributed by atoms with Gasteiger partial charge in [-0.05, 0) is 42.4 Å². The fraction of sp³-hybridized carbons (Fsp3) is 0.560. The third kappa shape index (κ3) is 3.99. The fourth-order valence-corrected chi connectivity index (χ4v) is 5.54. The van der Waals surface area contributed by atoms with Gasteiger partial charge in [-0.3, -0.25) is 14.6 Å². The number of fused-ring (bicyclic) bond motifs is 3. The molecule has 6 nitrogen and oxygen atoms in total. The van der Waals surface area contributed by atoms with Crippen LogP contribution in [0.1, 0.15) is 38.3 Å². The summed E-state index contributed by atoms with van der Waals surface area (Å²) in [5.41, 5.74) is 4.92. The van der Waals surface area contributed by atoms with Gasteiger partial charge in [-0.2, -0.15) is 0 Å². The Morgan fingerprint density at radius 2 is 1.87 bits per heavy atom. The Balaban J connectivity index is 1.19. The number of hydrogen-bond donors (Lipinski definition) is 0. The number of amides is 1. The zero-order valence-corrected chi connectivity index (χ0v) is 18.9. The van der Waals surface area contributed by atoms with E-state index in [1.165, 1.54) is 11.1 Å². The van der Waals surface area contributed by atoms with E-state index in [-0.39, 0.29) is 0 Å². The molecule has 5 rings (SSSR count). The first-order valence-corrected chi connectivity index (χ1v) is 11.6. The lowest BCUT2D eigenvalue weighted by atomic mass is 9.95. The Morgan fingerprint density at radius 1 is 1.06 bits per heavy atom. The molecule has 2 bridgehead atoms. The van der Waals surface area contributed by atoms with Crippen LogP contribution in [0.5, 0.6) is 0 Å². The van der Waals surface area contributed by atoms with E-state index in [0.717, 1.165) is 50.1 Å². The maximum Gasteiger partial charge on any atom is 0.237 e. The van der Waals surface area contributed by atoms with Crippen molar-refractivity contribution in [3.8, 4) is 11.1 Å². The summed E-state index contributed by atoms with van der Waals surface area (Å²) in [5, 5.41) is 0. The van der Waals surface area contributed by atoms with E-state index in [4.69, 9.17) is 0 Å². The van der Waals surface area contributed by atoms with E-state index in [1.54, 1.807) is 6.33 Å².